The third-order valence-electron chi connectivity index (χ3n) is 5.54. The minimum Gasteiger partial charge on any atom is -0.389 e. The molecule has 1 amide bonds. The van der Waals surface area contributed by atoms with Gasteiger partial charge in [0.15, 0.2) is 5.96 Å². The number of nitrogens with one attached hydrogen (secondary N) is 3. The summed E-state index contributed by atoms with van der Waals surface area (Å²) in [6.07, 6.45) is 5.43. The second-order valence-corrected chi connectivity index (χ2v) is 8.36. The van der Waals surface area contributed by atoms with E-state index in [1.165, 1.54) is 0 Å². The average Bonchev–Trinajstić information content (AvgIpc) is 3.57. The van der Waals surface area contributed by atoms with E-state index < -0.39 is 6.10 Å². The fourth-order valence-electron chi connectivity index (χ4n) is 3.76. The maximum atomic E-state index is 12.4. The number of carbonyl (C=O) groups excluding carboxylic acids is 1. The van der Waals surface area contributed by atoms with Gasteiger partial charge in [0, 0.05) is 24.5 Å². The summed E-state index contributed by atoms with van der Waals surface area (Å²) in [5.41, 5.74) is 1.08. The number of aliphatic hydroxyl groups excluding tert-OH is 1. The Bertz CT molecular complexity index is 685. The summed E-state index contributed by atoms with van der Waals surface area (Å²) >= 11 is 0. The van der Waals surface area contributed by atoms with Crippen molar-refractivity contribution in [3.63, 3.8) is 0 Å². The van der Waals surface area contributed by atoms with Gasteiger partial charge >= 0.3 is 0 Å². The highest BCUT2D eigenvalue weighted by molar-refractivity contribution is 14.0. The minimum atomic E-state index is -0.660. The van der Waals surface area contributed by atoms with Gasteiger partial charge in [0.1, 0.15) is 0 Å². The Morgan fingerprint density at radius 2 is 1.94 bits per heavy atom. The molecule has 2 saturated carbocycles. The van der Waals surface area contributed by atoms with E-state index in [2.05, 4.69) is 20.9 Å². The largest absolute Gasteiger partial charge is 0.389 e. The van der Waals surface area contributed by atoms with Crippen LogP contribution in [0.3, 0.4) is 0 Å². The molecule has 3 unspecified atom stereocenters. The van der Waals surface area contributed by atoms with Crippen LogP contribution in [0.25, 0.3) is 0 Å². The molecule has 4 N–H and O–H groups in total. The maximum Gasteiger partial charge on any atom is 0.223 e. The van der Waals surface area contributed by atoms with Gasteiger partial charge in [-0.25, -0.2) is 0 Å². The quantitative estimate of drug-likeness (QED) is 0.207. The normalized spacial score (nSPS) is 22.2. The zero-order valence-electron chi connectivity index (χ0n) is 18.4. The molecule has 2 fully saturated rings. The topological polar surface area (TPSA) is 95.0 Å². The average molecular weight is 544 g/mol. The summed E-state index contributed by atoms with van der Waals surface area (Å²) in [6, 6.07) is 10.5. The van der Waals surface area contributed by atoms with E-state index in [0.717, 1.165) is 50.6 Å². The highest BCUT2D eigenvalue weighted by Crippen LogP contribution is 2.26. The van der Waals surface area contributed by atoms with Crippen LogP contribution in [0.4, 0.5) is 0 Å². The second-order valence-electron chi connectivity index (χ2n) is 8.36. The Kier molecular flexibility index (Phi) is 11.6. The van der Waals surface area contributed by atoms with E-state index in [1.54, 1.807) is 0 Å². The van der Waals surface area contributed by atoms with Gasteiger partial charge in [0.05, 0.1) is 25.9 Å². The first kappa shape index (κ1) is 25.9. The zero-order chi connectivity index (χ0) is 21.2. The molecule has 2 aliphatic carbocycles. The van der Waals surface area contributed by atoms with E-state index in [4.69, 9.17) is 4.74 Å². The molecule has 8 heteroatoms. The molecule has 1 aromatic rings. The Hall–Kier alpha value is -1.39. The number of rotatable bonds is 10. The molecular weight excluding hydrogens is 507 g/mol. The summed E-state index contributed by atoms with van der Waals surface area (Å²) in [5.74, 6) is 0.974. The predicted octanol–water partition coefficient (Wildman–Crippen LogP) is 2.57. The molecule has 174 valence electrons. The van der Waals surface area contributed by atoms with E-state index in [1.807, 2.05) is 37.3 Å². The van der Waals surface area contributed by atoms with Crippen molar-refractivity contribution in [1.29, 1.82) is 0 Å². The number of benzene rings is 1. The van der Waals surface area contributed by atoms with Gasteiger partial charge in [-0.15, -0.1) is 24.0 Å². The van der Waals surface area contributed by atoms with E-state index in [-0.39, 0.29) is 55.0 Å². The molecule has 3 atom stereocenters. The highest BCUT2D eigenvalue weighted by atomic mass is 127. The SMILES string of the molecule is CCNC(=NCC(O)COCc1ccccc1)NC1CCCC(C(=O)NC2CC2)C1.I. The second kappa shape index (κ2) is 13.9. The van der Waals surface area contributed by atoms with Gasteiger partial charge in [-0.05, 0) is 44.6 Å². The summed E-state index contributed by atoms with van der Waals surface area (Å²) in [5, 5.41) is 20.0. The third-order valence-corrected chi connectivity index (χ3v) is 5.54. The molecule has 0 aliphatic heterocycles. The lowest BCUT2D eigenvalue weighted by Crippen LogP contribution is -2.47. The van der Waals surface area contributed by atoms with Crippen molar-refractivity contribution in [3.05, 3.63) is 35.9 Å². The van der Waals surface area contributed by atoms with Crippen molar-refractivity contribution in [3.8, 4) is 0 Å². The van der Waals surface area contributed by atoms with Gasteiger partial charge in [-0.2, -0.15) is 0 Å². The van der Waals surface area contributed by atoms with Crippen LogP contribution < -0.4 is 16.0 Å². The fourth-order valence-corrected chi connectivity index (χ4v) is 3.76. The monoisotopic (exact) mass is 544 g/mol. The number of amides is 1. The molecule has 0 aromatic heterocycles. The molecule has 7 nitrogen and oxygen atoms in total. The van der Waals surface area contributed by atoms with Gasteiger partial charge < -0.3 is 25.8 Å². The van der Waals surface area contributed by atoms with Crippen LogP contribution in [0.15, 0.2) is 35.3 Å². The van der Waals surface area contributed by atoms with Crippen molar-refractivity contribution in [1.82, 2.24) is 16.0 Å². The van der Waals surface area contributed by atoms with Crippen LogP contribution in [-0.2, 0) is 16.1 Å². The number of aliphatic imine (C=N–C) groups is 1. The predicted molar refractivity (Wildman–Crippen MR) is 134 cm³/mol. The molecule has 0 bridgehead atoms. The minimum absolute atomic E-state index is 0. The lowest BCUT2D eigenvalue weighted by atomic mass is 9.85. The molecule has 0 spiro atoms. The molecular formula is C23H37IN4O3. The van der Waals surface area contributed by atoms with Crippen molar-refractivity contribution in [2.75, 3.05) is 19.7 Å². The summed E-state index contributed by atoms with van der Waals surface area (Å²) in [7, 11) is 0. The van der Waals surface area contributed by atoms with Crippen molar-refractivity contribution >= 4 is 35.8 Å². The number of guanidine groups is 1. The number of hydrogen-bond acceptors (Lipinski definition) is 4. The van der Waals surface area contributed by atoms with Crippen molar-refractivity contribution in [2.45, 2.75) is 70.2 Å². The number of carbonyl (C=O) groups is 1. The van der Waals surface area contributed by atoms with Crippen LogP contribution in [0.2, 0.25) is 0 Å². The number of halogens is 1. The molecule has 3 rings (SSSR count). The van der Waals surface area contributed by atoms with E-state index in [9.17, 15) is 9.90 Å². The Balaban J connectivity index is 0.00000341. The maximum absolute atomic E-state index is 12.4. The first-order valence-corrected chi connectivity index (χ1v) is 11.3. The molecule has 0 radical (unpaired) electrons. The standard InChI is InChI=1S/C23H36N4O3.HI/c1-2-24-23(25-14-21(28)16-30-15-17-7-4-3-5-8-17)27-20-10-6-9-18(13-20)22(29)26-19-11-12-19;/h3-5,7-8,18-21,28H,2,6,9-16H2,1H3,(H,26,29)(H2,24,25,27);1H. The smallest absolute Gasteiger partial charge is 0.223 e. The van der Waals surface area contributed by atoms with Gasteiger partial charge in [0.25, 0.3) is 0 Å². The van der Waals surface area contributed by atoms with Crippen LogP contribution in [0, 0.1) is 5.92 Å². The van der Waals surface area contributed by atoms with Gasteiger partial charge in [-0.1, -0.05) is 36.8 Å². The fraction of sp³-hybridized carbons (Fsp3) is 0.652. The molecule has 0 heterocycles. The Labute approximate surface area is 202 Å². The Morgan fingerprint density at radius 3 is 2.65 bits per heavy atom. The van der Waals surface area contributed by atoms with Crippen LogP contribution in [0.1, 0.15) is 51.0 Å². The van der Waals surface area contributed by atoms with Crippen LogP contribution >= 0.6 is 24.0 Å². The highest BCUT2D eigenvalue weighted by Gasteiger charge is 2.31. The number of nitrogens with zero attached hydrogens (tertiary/aromatic N) is 1. The van der Waals surface area contributed by atoms with Crippen molar-refractivity contribution in [2.24, 2.45) is 10.9 Å². The summed E-state index contributed by atoms with van der Waals surface area (Å²) in [6.45, 7) is 3.74. The molecule has 2 aliphatic rings. The summed E-state index contributed by atoms with van der Waals surface area (Å²) < 4.78 is 5.60. The van der Waals surface area contributed by atoms with Gasteiger partial charge in [-0.3, -0.25) is 9.79 Å². The molecule has 1 aromatic carbocycles. The first-order chi connectivity index (χ1) is 14.6. The van der Waals surface area contributed by atoms with Crippen LogP contribution in [0.5, 0.6) is 0 Å². The number of hydrogen-bond donors (Lipinski definition) is 4. The van der Waals surface area contributed by atoms with Gasteiger partial charge in [0.2, 0.25) is 5.91 Å². The lowest BCUT2D eigenvalue weighted by molar-refractivity contribution is -0.126. The zero-order valence-corrected chi connectivity index (χ0v) is 20.7. The number of ether oxygens (including phenoxy) is 1. The van der Waals surface area contributed by atoms with E-state index >= 15 is 0 Å². The Morgan fingerprint density at radius 1 is 1.16 bits per heavy atom. The molecule has 0 saturated heterocycles. The van der Waals surface area contributed by atoms with E-state index in [0.29, 0.717) is 18.6 Å². The summed E-state index contributed by atoms with van der Waals surface area (Å²) in [4.78, 5) is 16.9. The number of aliphatic hydroxyl groups is 1. The van der Waals surface area contributed by atoms with Crippen molar-refractivity contribution < 1.29 is 14.6 Å². The lowest BCUT2D eigenvalue weighted by Gasteiger charge is -2.30. The van der Waals surface area contributed by atoms with Crippen LogP contribution in [-0.4, -0.2) is 54.9 Å². The molecule has 31 heavy (non-hydrogen) atoms. The first-order valence-electron chi connectivity index (χ1n) is 11.3. The third kappa shape index (κ3) is 9.74.